The first-order valence-corrected chi connectivity index (χ1v) is 4.01. The maximum absolute atomic E-state index is 13.2. The molecule has 0 radical (unpaired) electrons. The van der Waals surface area contributed by atoms with E-state index in [-0.39, 0.29) is 29.7 Å². The molecule has 1 heterocycles. The third kappa shape index (κ3) is 1.17. The summed E-state index contributed by atoms with van der Waals surface area (Å²) in [6, 6.07) is 2.23. The molecule has 0 atom stereocenters. The highest BCUT2D eigenvalue weighted by atomic mass is 19.1. The second-order valence-electron chi connectivity index (χ2n) is 3.02. The number of phenolic OH excluding ortho intramolecular Hbond substituents is 1. The second kappa shape index (κ2) is 2.87. The Morgan fingerprint density at radius 2 is 2.29 bits per heavy atom. The van der Waals surface area contributed by atoms with E-state index < -0.39 is 5.82 Å². The molecule has 0 spiro atoms. The molecule has 2 rings (SSSR count). The number of benzene rings is 1. The predicted molar refractivity (Wildman–Crippen MR) is 47.0 cm³/mol. The van der Waals surface area contributed by atoms with Gasteiger partial charge in [-0.25, -0.2) is 4.39 Å². The van der Waals surface area contributed by atoms with Gasteiger partial charge in [0.25, 0.3) is 5.91 Å². The number of amides is 1. The van der Waals surface area contributed by atoms with E-state index in [0.717, 1.165) is 6.07 Å². The van der Waals surface area contributed by atoms with Gasteiger partial charge in [-0.15, -0.1) is 0 Å². The molecule has 1 aliphatic heterocycles. The van der Waals surface area contributed by atoms with Crippen LogP contribution in [0.1, 0.15) is 0 Å². The van der Waals surface area contributed by atoms with Crippen LogP contribution in [0.3, 0.4) is 0 Å². The Kier molecular flexibility index (Phi) is 1.80. The third-order valence-electron chi connectivity index (χ3n) is 2.08. The number of nitrogens with zero attached hydrogens (tertiary/aromatic N) is 1. The highest BCUT2D eigenvalue weighted by Crippen LogP contribution is 2.36. The molecular weight excluding hydrogens is 189 g/mol. The number of hydrogen-bond donors (Lipinski definition) is 1. The summed E-state index contributed by atoms with van der Waals surface area (Å²) >= 11 is 0. The van der Waals surface area contributed by atoms with Crippen LogP contribution in [0.4, 0.5) is 10.1 Å². The summed E-state index contributed by atoms with van der Waals surface area (Å²) in [6.45, 7) is -0.175. The van der Waals surface area contributed by atoms with Crippen molar-refractivity contribution in [3.8, 4) is 11.5 Å². The van der Waals surface area contributed by atoms with Crippen molar-refractivity contribution in [3.05, 3.63) is 17.9 Å². The Balaban J connectivity index is 2.59. The number of phenols is 1. The van der Waals surface area contributed by atoms with Crippen LogP contribution in [0, 0.1) is 5.82 Å². The van der Waals surface area contributed by atoms with Gasteiger partial charge >= 0.3 is 0 Å². The van der Waals surface area contributed by atoms with Crippen LogP contribution in [0.5, 0.6) is 11.5 Å². The quantitative estimate of drug-likeness (QED) is 0.671. The van der Waals surface area contributed by atoms with Gasteiger partial charge in [0.15, 0.2) is 18.2 Å². The Labute approximate surface area is 79.5 Å². The van der Waals surface area contributed by atoms with Crippen LogP contribution in [0.25, 0.3) is 0 Å². The molecule has 0 aromatic heterocycles. The standard InChI is InChI=1S/C9H8FNO3/c1-11-7-3-5(12)2-6(10)9(7)14-4-8(11)13/h2-3,12H,4H2,1H3. The van der Waals surface area contributed by atoms with E-state index >= 15 is 0 Å². The molecule has 1 amide bonds. The molecule has 5 heteroatoms. The van der Waals surface area contributed by atoms with Gasteiger partial charge in [0.05, 0.1) is 5.69 Å². The monoisotopic (exact) mass is 197 g/mol. The summed E-state index contributed by atoms with van der Waals surface area (Å²) in [7, 11) is 1.50. The zero-order valence-electron chi connectivity index (χ0n) is 7.45. The maximum Gasteiger partial charge on any atom is 0.264 e. The van der Waals surface area contributed by atoms with Gasteiger partial charge in [-0.05, 0) is 0 Å². The number of aromatic hydroxyl groups is 1. The molecule has 1 N–H and O–H groups in total. The van der Waals surface area contributed by atoms with Crippen molar-refractivity contribution in [1.82, 2.24) is 0 Å². The van der Waals surface area contributed by atoms with Crippen molar-refractivity contribution in [3.63, 3.8) is 0 Å². The smallest absolute Gasteiger partial charge is 0.264 e. The summed E-state index contributed by atoms with van der Waals surface area (Å²) in [5, 5.41) is 9.14. The van der Waals surface area contributed by atoms with Crippen LogP contribution in [-0.2, 0) is 4.79 Å². The van der Waals surface area contributed by atoms with Gasteiger partial charge in [0, 0.05) is 19.2 Å². The number of hydrogen-bond acceptors (Lipinski definition) is 3. The van der Waals surface area contributed by atoms with Gasteiger partial charge in [-0.3, -0.25) is 4.79 Å². The first kappa shape index (κ1) is 8.80. The molecule has 1 aromatic carbocycles. The normalized spacial score (nSPS) is 15.0. The van der Waals surface area contributed by atoms with E-state index in [1.54, 1.807) is 0 Å². The lowest BCUT2D eigenvalue weighted by atomic mass is 10.2. The molecule has 0 bridgehead atoms. The average Bonchev–Trinajstić information content (AvgIpc) is 2.12. The van der Waals surface area contributed by atoms with Gasteiger partial charge in [-0.2, -0.15) is 0 Å². The molecule has 0 aliphatic carbocycles. The van der Waals surface area contributed by atoms with E-state index in [1.165, 1.54) is 18.0 Å². The van der Waals surface area contributed by atoms with E-state index in [1.807, 2.05) is 0 Å². The van der Waals surface area contributed by atoms with E-state index in [9.17, 15) is 9.18 Å². The first-order valence-electron chi connectivity index (χ1n) is 4.01. The number of halogens is 1. The van der Waals surface area contributed by atoms with Crippen molar-refractivity contribution in [1.29, 1.82) is 0 Å². The first-order chi connectivity index (χ1) is 6.59. The van der Waals surface area contributed by atoms with Crippen LogP contribution in [0.2, 0.25) is 0 Å². The van der Waals surface area contributed by atoms with Gasteiger partial charge in [-0.1, -0.05) is 0 Å². The minimum atomic E-state index is -0.667. The van der Waals surface area contributed by atoms with Crippen LogP contribution in [-0.4, -0.2) is 24.7 Å². The van der Waals surface area contributed by atoms with Crippen molar-refractivity contribution >= 4 is 11.6 Å². The van der Waals surface area contributed by atoms with E-state index in [2.05, 4.69) is 0 Å². The maximum atomic E-state index is 13.2. The van der Waals surface area contributed by atoms with Crippen molar-refractivity contribution in [2.45, 2.75) is 0 Å². The van der Waals surface area contributed by atoms with Crippen LogP contribution >= 0.6 is 0 Å². The lowest BCUT2D eigenvalue weighted by molar-refractivity contribution is -0.121. The van der Waals surface area contributed by atoms with E-state index in [0.29, 0.717) is 0 Å². The SMILES string of the molecule is CN1C(=O)COc2c(F)cc(O)cc21. The number of fused-ring (bicyclic) bond motifs is 1. The highest BCUT2D eigenvalue weighted by molar-refractivity contribution is 5.97. The van der Waals surface area contributed by atoms with Crippen LogP contribution in [0.15, 0.2) is 12.1 Å². The van der Waals surface area contributed by atoms with Crippen molar-refractivity contribution < 1.29 is 19.0 Å². The molecule has 14 heavy (non-hydrogen) atoms. The minimum absolute atomic E-state index is 0.00454. The predicted octanol–water partition coefficient (Wildman–Crippen LogP) is 0.887. The number of likely N-dealkylation sites (N-methyl/N-ethyl adjacent to an activating group) is 1. The molecule has 1 aromatic rings. The Morgan fingerprint density at radius 1 is 1.57 bits per heavy atom. The lowest BCUT2D eigenvalue weighted by Gasteiger charge is -2.26. The Bertz CT molecular complexity index is 405. The largest absolute Gasteiger partial charge is 0.508 e. The zero-order valence-corrected chi connectivity index (χ0v) is 7.45. The van der Waals surface area contributed by atoms with Gasteiger partial charge in [0.1, 0.15) is 5.75 Å². The van der Waals surface area contributed by atoms with Crippen molar-refractivity contribution in [2.75, 3.05) is 18.6 Å². The summed E-state index contributed by atoms with van der Waals surface area (Å²) < 4.78 is 18.1. The molecule has 1 aliphatic rings. The molecule has 0 unspecified atom stereocenters. The number of ether oxygens (including phenoxy) is 1. The molecule has 4 nitrogen and oxygen atoms in total. The third-order valence-corrected chi connectivity index (χ3v) is 2.08. The summed E-state index contributed by atoms with van der Waals surface area (Å²) in [5.74, 6) is -1.17. The molecule has 0 saturated carbocycles. The number of rotatable bonds is 0. The van der Waals surface area contributed by atoms with Crippen LogP contribution < -0.4 is 9.64 Å². The Morgan fingerprint density at radius 3 is 3.00 bits per heavy atom. The minimum Gasteiger partial charge on any atom is -0.508 e. The van der Waals surface area contributed by atoms with Crippen molar-refractivity contribution in [2.24, 2.45) is 0 Å². The Hall–Kier alpha value is -1.78. The second-order valence-corrected chi connectivity index (χ2v) is 3.02. The molecule has 74 valence electrons. The number of carbonyl (C=O) groups excluding carboxylic acids is 1. The van der Waals surface area contributed by atoms with E-state index in [4.69, 9.17) is 9.84 Å². The topological polar surface area (TPSA) is 49.8 Å². The fraction of sp³-hybridized carbons (Fsp3) is 0.222. The highest BCUT2D eigenvalue weighted by Gasteiger charge is 2.25. The molecule has 0 fully saturated rings. The number of anilines is 1. The van der Waals surface area contributed by atoms with Gasteiger partial charge < -0.3 is 14.7 Å². The fourth-order valence-electron chi connectivity index (χ4n) is 1.32. The average molecular weight is 197 g/mol. The lowest BCUT2D eigenvalue weighted by Crippen LogP contribution is -2.35. The fourth-order valence-corrected chi connectivity index (χ4v) is 1.32. The van der Waals surface area contributed by atoms with Gasteiger partial charge in [0.2, 0.25) is 0 Å². The number of carbonyl (C=O) groups is 1. The zero-order chi connectivity index (χ0) is 10.3. The molecule has 0 saturated heterocycles. The summed E-state index contributed by atoms with van der Waals surface area (Å²) in [4.78, 5) is 12.4. The summed E-state index contributed by atoms with van der Waals surface area (Å²) in [6.07, 6.45) is 0. The summed E-state index contributed by atoms with van der Waals surface area (Å²) in [5.41, 5.74) is 0.249. The molecular formula is C9H8FNO3.